The van der Waals surface area contributed by atoms with E-state index in [1.807, 2.05) is 12.1 Å². The van der Waals surface area contributed by atoms with Gasteiger partial charge < -0.3 is 5.11 Å². The van der Waals surface area contributed by atoms with Crippen molar-refractivity contribution in [1.29, 1.82) is 0 Å². The topological polar surface area (TPSA) is 20.2 Å². The van der Waals surface area contributed by atoms with Crippen LogP contribution in [0.25, 0.3) is 0 Å². The fourth-order valence-electron chi connectivity index (χ4n) is 4.32. The Morgan fingerprint density at radius 3 is 2.62 bits per heavy atom. The van der Waals surface area contributed by atoms with Crippen molar-refractivity contribution in [2.75, 3.05) is 0 Å². The summed E-state index contributed by atoms with van der Waals surface area (Å²) in [6.07, 6.45) is 6.91. The predicted octanol–water partition coefficient (Wildman–Crippen LogP) is 6.49. The van der Waals surface area contributed by atoms with Crippen LogP contribution in [0, 0.1) is 5.92 Å². The Hall–Kier alpha value is -1.47. The first-order chi connectivity index (χ1) is 11.7. The first kappa shape index (κ1) is 17.4. The van der Waals surface area contributed by atoms with Crippen molar-refractivity contribution in [1.82, 2.24) is 0 Å². The van der Waals surface area contributed by atoms with Crippen molar-refractivity contribution in [2.24, 2.45) is 5.92 Å². The van der Waals surface area contributed by atoms with Gasteiger partial charge in [0.1, 0.15) is 5.75 Å². The quantitative estimate of drug-likeness (QED) is 0.658. The third-order valence-corrected chi connectivity index (χ3v) is 5.67. The number of benzene rings is 2. The Bertz CT molecular complexity index is 707. The summed E-state index contributed by atoms with van der Waals surface area (Å²) >= 11 is 6.21. The molecule has 1 nitrogen and oxygen atoms in total. The Kier molecular flexibility index (Phi) is 5.50. The van der Waals surface area contributed by atoms with E-state index in [-0.39, 0.29) is 5.75 Å². The Morgan fingerprint density at radius 1 is 1.08 bits per heavy atom. The van der Waals surface area contributed by atoms with E-state index in [1.165, 1.54) is 47.9 Å². The van der Waals surface area contributed by atoms with Gasteiger partial charge in [-0.15, -0.1) is 0 Å². The van der Waals surface area contributed by atoms with Gasteiger partial charge in [0.15, 0.2) is 0 Å². The van der Waals surface area contributed by atoms with Crippen LogP contribution in [0.15, 0.2) is 36.4 Å². The number of fused-ring (bicyclic) bond motifs is 1. The van der Waals surface area contributed by atoms with Gasteiger partial charge >= 0.3 is 0 Å². The van der Waals surface area contributed by atoms with E-state index in [9.17, 15) is 5.11 Å². The zero-order valence-electron chi connectivity index (χ0n) is 14.7. The van der Waals surface area contributed by atoms with Crippen LogP contribution < -0.4 is 0 Å². The van der Waals surface area contributed by atoms with Gasteiger partial charge in [-0.1, -0.05) is 62.6 Å². The third kappa shape index (κ3) is 3.32. The van der Waals surface area contributed by atoms with E-state index >= 15 is 0 Å². The number of hydrogen-bond donors (Lipinski definition) is 1. The van der Waals surface area contributed by atoms with E-state index in [1.54, 1.807) is 0 Å². The minimum atomic E-state index is 0.213. The first-order valence-electron chi connectivity index (χ1n) is 9.24. The molecule has 0 heterocycles. The summed E-state index contributed by atoms with van der Waals surface area (Å²) in [7, 11) is 0. The summed E-state index contributed by atoms with van der Waals surface area (Å²) in [5, 5.41) is 10.7. The number of rotatable bonds is 5. The van der Waals surface area contributed by atoms with Crippen molar-refractivity contribution in [3.8, 4) is 5.75 Å². The smallest absolute Gasteiger partial charge is 0.134 e. The molecule has 0 unspecified atom stereocenters. The molecule has 0 aromatic heterocycles. The van der Waals surface area contributed by atoms with Crippen LogP contribution in [0.4, 0.5) is 0 Å². The van der Waals surface area contributed by atoms with Gasteiger partial charge in [-0.2, -0.15) is 0 Å². The molecule has 0 aliphatic heterocycles. The molecule has 24 heavy (non-hydrogen) atoms. The third-order valence-electron chi connectivity index (χ3n) is 5.37. The molecule has 2 aromatic carbocycles. The van der Waals surface area contributed by atoms with Crippen molar-refractivity contribution in [2.45, 2.75) is 58.3 Å². The van der Waals surface area contributed by atoms with Crippen LogP contribution in [-0.4, -0.2) is 5.11 Å². The summed E-state index contributed by atoms with van der Waals surface area (Å²) in [5.74, 6) is 1.23. The number of aromatic hydroxyl groups is 1. The second-order valence-corrected chi connectivity index (χ2v) is 7.42. The van der Waals surface area contributed by atoms with Crippen LogP contribution in [0.1, 0.15) is 67.7 Å². The average molecular weight is 343 g/mol. The molecule has 2 atom stereocenters. The molecule has 0 saturated carbocycles. The zero-order chi connectivity index (χ0) is 17.1. The Morgan fingerprint density at radius 2 is 1.88 bits per heavy atom. The molecule has 0 saturated heterocycles. The number of phenolic OH excluding ortho intramolecular Hbond substituents is 1. The molecule has 2 aromatic rings. The van der Waals surface area contributed by atoms with Crippen molar-refractivity contribution in [3.63, 3.8) is 0 Å². The molecule has 0 amide bonds. The molecule has 0 radical (unpaired) electrons. The zero-order valence-corrected chi connectivity index (χ0v) is 15.4. The second kappa shape index (κ2) is 7.61. The maximum atomic E-state index is 10.3. The van der Waals surface area contributed by atoms with Crippen molar-refractivity contribution >= 4 is 11.6 Å². The van der Waals surface area contributed by atoms with Gasteiger partial charge in [-0.3, -0.25) is 0 Å². The molecule has 2 heteroatoms. The van der Waals surface area contributed by atoms with Crippen LogP contribution >= 0.6 is 11.6 Å². The normalized spacial score (nSPS) is 20.0. The molecule has 1 aliphatic carbocycles. The standard InChI is InChI=1S/C22H27ClO/c1-3-7-16-12-11-15-9-5-6-10-18(15)22(16)19-14-21(24)20(23)13-17(19)8-4-2/h5-6,9-10,13-14,16,22,24H,3-4,7-8,11-12H2,1-2H3/t16-,22+/m0/s1. The maximum Gasteiger partial charge on any atom is 0.134 e. The highest BCUT2D eigenvalue weighted by molar-refractivity contribution is 6.32. The highest BCUT2D eigenvalue weighted by Gasteiger charge is 2.31. The molecular formula is C22H27ClO. The van der Waals surface area contributed by atoms with Gasteiger partial charge in [0.25, 0.3) is 0 Å². The fourth-order valence-corrected chi connectivity index (χ4v) is 4.51. The number of hydrogen-bond acceptors (Lipinski definition) is 1. The Labute approximate surface area is 150 Å². The molecule has 1 aliphatic rings. The summed E-state index contributed by atoms with van der Waals surface area (Å²) < 4.78 is 0. The minimum Gasteiger partial charge on any atom is -0.506 e. The second-order valence-electron chi connectivity index (χ2n) is 7.02. The molecular weight excluding hydrogens is 316 g/mol. The van der Waals surface area contributed by atoms with Crippen LogP contribution in [-0.2, 0) is 12.8 Å². The van der Waals surface area contributed by atoms with E-state index in [0.717, 1.165) is 12.8 Å². The van der Waals surface area contributed by atoms with Crippen molar-refractivity contribution < 1.29 is 5.11 Å². The highest BCUT2D eigenvalue weighted by atomic mass is 35.5. The molecule has 0 fully saturated rings. The summed E-state index contributed by atoms with van der Waals surface area (Å²) in [6.45, 7) is 4.47. The van der Waals surface area contributed by atoms with Crippen LogP contribution in [0.3, 0.4) is 0 Å². The van der Waals surface area contributed by atoms with E-state index in [2.05, 4.69) is 38.1 Å². The summed E-state index contributed by atoms with van der Waals surface area (Å²) in [6, 6.07) is 12.7. The average Bonchev–Trinajstić information content (AvgIpc) is 2.58. The summed E-state index contributed by atoms with van der Waals surface area (Å²) in [5.41, 5.74) is 5.49. The molecule has 0 spiro atoms. The maximum absolute atomic E-state index is 10.3. The van der Waals surface area contributed by atoms with Crippen molar-refractivity contribution in [3.05, 3.63) is 63.7 Å². The number of phenols is 1. The fraction of sp³-hybridized carbons (Fsp3) is 0.455. The van der Waals surface area contributed by atoms with E-state index in [4.69, 9.17) is 11.6 Å². The molecule has 128 valence electrons. The van der Waals surface area contributed by atoms with Gasteiger partial charge in [0.2, 0.25) is 0 Å². The van der Waals surface area contributed by atoms with Gasteiger partial charge in [-0.05, 0) is 66.0 Å². The monoisotopic (exact) mass is 342 g/mol. The molecule has 0 bridgehead atoms. The van der Waals surface area contributed by atoms with Gasteiger partial charge in [0, 0.05) is 5.92 Å². The molecule has 3 rings (SSSR count). The van der Waals surface area contributed by atoms with Gasteiger partial charge in [-0.25, -0.2) is 0 Å². The Balaban J connectivity index is 2.15. The SMILES string of the molecule is CCCc1cc(Cl)c(O)cc1[C@H]1c2ccccc2CC[C@@H]1CCC. The van der Waals surface area contributed by atoms with E-state index in [0.29, 0.717) is 16.9 Å². The number of halogens is 1. The largest absolute Gasteiger partial charge is 0.506 e. The lowest BCUT2D eigenvalue weighted by Gasteiger charge is -2.35. The van der Waals surface area contributed by atoms with E-state index < -0.39 is 0 Å². The van der Waals surface area contributed by atoms with Gasteiger partial charge in [0.05, 0.1) is 5.02 Å². The lowest BCUT2D eigenvalue weighted by molar-refractivity contribution is 0.376. The lowest BCUT2D eigenvalue weighted by Crippen LogP contribution is -2.23. The van der Waals surface area contributed by atoms with Crippen LogP contribution in [0.5, 0.6) is 5.75 Å². The number of aryl methyl sites for hydroxylation is 2. The first-order valence-corrected chi connectivity index (χ1v) is 9.62. The predicted molar refractivity (Wildman–Crippen MR) is 102 cm³/mol. The lowest BCUT2D eigenvalue weighted by atomic mass is 9.69. The van der Waals surface area contributed by atoms with Crippen LogP contribution in [0.2, 0.25) is 5.02 Å². The molecule has 1 N–H and O–H groups in total. The highest BCUT2D eigenvalue weighted by Crippen LogP contribution is 2.45. The summed E-state index contributed by atoms with van der Waals surface area (Å²) in [4.78, 5) is 0. The minimum absolute atomic E-state index is 0.213.